The smallest absolute Gasteiger partial charge is 0.254 e. The van der Waals surface area contributed by atoms with Crippen LogP contribution in [0.3, 0.4) is 0 Å². The van der Waals surface area contributed by atoms with Crippen LogP contribution in [0.15, 0.2) is 42.5 Å². The molecule has 2 heterocycles. The number of aryl methyl sites for hydroxylation is 2. The second-order valence-electron chi connectivity index (χ2n) is 10.1. The van der Waals surface area contributed by atoms with Gasteiger partial charge in [0.2, 0.25) is 10.0 Å². The van der Waals surface area contributed by atoms with E-state index in [0.717, 1.165) is 11.1 Å². The summed E-state index contributed by atoms with van der Waals surface area (Å²) in [5.74, 6) is 0.514. The topological polar surface area (TPSA) is 85.4 Å². The van der Waals surface area contributed by atoms with Gasteiger partial charge in [-0.2, -0.15) is 0 Å². The first kappa shape index (κ1) is 27.6. The quantitative estimate of drug-likeness (QED) is 0.517. The lowest BCUT2D eigenvalue weighted by molar-refractivity contribution is 0.0339. The van der Waals surface area contributed by atoms with Crippen LogP contribution < -0.4 is 4.74 Å². The molecule has 0 bridgehead atoms. The molecule has 0 aliphatic carbocycles. The molecular weight excluding hydrogens is 492 g/mol. The Hall–Kier alpha value is -2.46. The minimum atomic E-state index is -3.56. The van der Waals surface area contributed by atoms with Crippen molar-refractivity contribution in [3.05, 3.63) is 64.7 Å². The molecule has 0 spiro atoms. The second kappa shape index (κ2) is 11.5. The van der Waals surface area contributed by atoms with Crippen LogP contribution in [0, 0.1) is 13.8 Å². The van der Waals surface area contributed by atoms with E-state index in [-0.39, 0.29) is 24.2 Å². The number of hydrogen-bond acceptors (Lipinski definition) is 6. The standard InChI is InChI=1S/C28H38N2O6S/c1-19-9-10-20(2)25(15-19)28(31)30-17-26(34-5)27(18-30)36-24-8-6-7-22(16-24)21(3)37(32,33)29(4)23-11-13-35-14-12-23/h6-10,15-16,21,23,26-27H,11-14,17-18H2,1-5H3/t21?,26-,27-/m1/s1. The van der Waals surface area contributed by atoms with E-state index in [1.54, 1.807) is 38.1 Å². The number of sulfonamides is 1. The van der Waals surface area contributed by atoms with Crippen molar-refractivity contribution in [3.63, 3.8) is 0 Å². The van der Waals surface area contributed by atoms with Crippen LogP contribution in [0.25, 0.3) is 0 Å². The number of benzene rings is 2. The predicted octanol–water partition coefficient (Wildman–Crippen LogP) is 3.72. The number of ether oxygens (including phenoxy) is 3. The van der Waals surface area contributed by atoms with Gasteiger partial charge in [0, 0.05) is 39.0 Å². The third kappa shape index (κ3) is 6.00. The summed E-state index contributed by atoms with van der Waals surface area (Å²) in [5, 5.41) is -0.729. The Morgan fingerprint density at radius 1 is 1.08 bits per heavy atom. The number of methoxy groups -OCH3 is 1. The van der Waals surface area contributed by atoms with Crippen LogP contribution in [0.1, 0.15) is 52.1 Å². The lowest BCUT2D eigenvalue weighted by Gasteiger charge is -2.32. The van der Waals surface area contributed by atoms with Gasteiger partial charge in [-0.25, -0.2) is 12.7 Å². The molecule has 1 unspecified atom stereocenters. The molecule has 37 heavy (non-hydrogen) atoms. The number of carbonyl (C=O) groups is 1. The first-order valence-corrected chi connectivity index (χ1v) is 14.3. The zero-order valence-electron chi connectivity index (χ0n) is 22.3. The molecule has 8 nitrogen and oxygen atoms in total. The third-order valence-electron chi connectivity index (χ3n) is 7.60. The van der Waals surface area contributed by atoms with Crippen molar-refractivity contribution in [2.75, 3.05) is 40.5 Å². The van der Waals surface area contributed by atoms with Crippen LogP contribution in [-0.2, 0) is 19.5 Å². The second-order valence-corrected chi connectivity index (χ2v) is 12.4. The lowest BCUT2D eigenvalue weighted by atomic mass is 10.0. The van der Waals surface area contributed by atoms with Gasteiger partial charge in [0.25, 0.3) is 5.91 Å². The molecule has 0 aromatic heterocycles. The summed E-state index contributed by atoms with van der Waals surface area (Å²) >= 11 is 0. The van der Waals surface area contributed by atoms with E-state index >= 15 is 0 Å². The zero-order chi connectivity index (χ0) is 26.7. The number of nitrogens with zero attached hydrogens (tertiary/aromatic N) is 2. The Bertz CT molecular complexity index is 1210. The van der Waals surface area contributed by atoms with Crippen LogP contribution in [-0.4, -0.2) is 82.2 Å². The van der Waals surface area contributed by atoms with E-state index in [2.05, 4.69) is 0 Å². The van der Waals surface area contributed by atoms with Gasteiger partial charge < -0.3 is 19.1 Å². The van der Waals surface area contributed by atoms with Crippen molar-refractivity contribution in [1.29, 1.82) is 0 Å². The summed E-state index contributed by atoms with van der Waals surface area (Å²) in [5.41, 5.74) is 3.31. The van der Waals surface area contributed by atoms with E-state index in [1.165, 1.54) is 4.31 Å². The molecule has 2 aromatic rings. The van der Waals surface area contributed by atoms with E-state index < -0.39 is 15.3 Å². The van der Waals surface area contributed by atoms with Gasteiger partial charge >= 0.3 is 0 Å². The molecule has 9 heteroatoms. The molecule has 0 saturated carbocycles. The molecule has 0 N–H and O–H groups in total. The zero-order valence-corrected chi connectivity index (χ0v) is 23.2. The largest absolute Gasteiger partial charge is 0.486 e. The van der Waals surface area contributed by atoms with Gasteiger partial charge in [0.05, 0.1) is 18.3 Å². The fourth-order valence-corrected chi connectivity index (χ4v) is 6.70. The Kier molecular flexibility index (Phi) is 8.58. The minimum absolute atomic E-state index is 0.0426. The van der Waals surface area contributed by atoms with Gasteiger partial charge in [0.15, 0.2) is 0 Å². The molecule has 2 fully saturated rings. The van der Waals surface area contributed by atoms with Crippen LogP contribution in [0.5, 0.6) is 5.75 Å². The average molecular weight is 531 g/mol. The summed E-state index contributed by atoms with van der Waals surface area (Å²) in [4.78, 5) is 15.0. The number of carbonyl (C=O) groups excluding carboxylic acids is 1. The van der Waals surface area contributed by atoms with Gasteiger partial charge in [-0.05, 0) is 62.9 Å². The van der Waals surface area contributed by atoms with Crippen molar-refractivity contribution < 1.29 is 27.4 Å². The number of rotatable bonds is 8. The normalized spacial score (nSPS) is 21.8. The van der Waals surface area contributed by atoms with E-state index in [1.807, 2.05) is 44.2 Å². The predicted molar refractivity (Wildman–Crippen MR) is 142 cm³/mol. The third-order valence-corrected chi connectivity index (χ3v) is 9.86. The van der Waals surface area contributed by atoms with Gasteiger partial charge in [-0.3, -0.25) is 4.79 Å². The maximum atomic E-state index is 13.4. The highest BCUT2D eigenvalue weighted by Crippen LogP contribution is 2.31. The highest BCUT2D eigenvalue weighted by Gasteiger charge is 2.38. The highest BCUT2D eigenvalue weighted by atomic mass is 32.2. The lowest BCUT2D eigenvalue weighted by Crippen LogP contribution is -2.42. The maximum absolute atomic E-state index is 13.4. The Morgan fingerprint density at radius 2 is 1.78 bits per heavy atom. The summed E-state index contributed by atoms with van der Waals surface area (Å²) < 4.78 is 45.6. The molecule has 1 amide bonds. The van der Waals surface area contributed by atoms with Crippen molar-refractivity contribution in [2.45, 2.75) is 57.1 Å². The van der Waals surface area contributed by atoms with Crippen molar-refractivity contribution >= 4 is 15.9 Å². The Morgan fingerprint density at radius 3 is 2.49 bits per heavy atom. The Balaban J connectivity index is 1.47. The number of likely N-dealkylation sites (tertiary alicyclic amines) is 1. The Labute approximate surface area is 220 Å². The van der Waals surface area contributed by atoms with Crippen LogP contribution >= 0.6 is 0 Å². The summed E-state index contributed by atoms with van der Waals surface area (Å²) in [6, 6.07) is 13.0. The van der Waals surface area contributed by atoms with E-state index in [4.69, 9.17) is 14.2 Å². The summed E-state index contributed by atoms with van der Waals surface area (Å²) in [7, 11) is -0.291. The molecule has 4 rings (SSSR count). The molecule has 2 saturated heterocycles. The first-order chi connectivity index (χ1) is 17.6. The molecule has 0 radical (unpaired) electrons. The summed E-state index contributed by atoms with van der Waals surface area (Å²) in [6.07, 6.45) is 0.732. The van der Waals surface area contributed by atoms with Crippen molar-refractivity contribution in [2.24, 2.45) is 0 Å². The number of hydrogen-bond donors (Lipinski definition) is 0. The molecule has 2 aliphatic rings. The number of amides is 1. The molecule has 2 aliphatic heterocycles. The fourth-order valence-electron chi connectivity index (χ4n) is 5.08. The van der Waals surface area contributed by atoms with Crippen LogP contribution in [0.2, 0.25) is 0 Å². The fraction of sp³-hybridized carbons (Fsp3) is 0.536. The average Bonchev–Trinajstić information content (AvgIpc) is 3.32. The molecular formula is C28H38N2O6S. The van der Waals surface area contributed by atoms with Crippen molar-refractivity contribution in [1.82, 2.24) is 9.21 Å². The highest BCUT2D eigenvalue weighted by molar-refractivity contribution is 7.89. The molecule has 3 atom stereocenters. The van der Waals surface area contributed by atoms with Crippen LogP contribution in [0.4, 0.5) is 0 Å². The summed E-state index contributed by atoms with van der Waals surface area (Å²) in [6.45, 7) is 7.58. The van der Waals surface area contributed by atoms with Gasteiger partial charge in [-0.1, -0.05) is 29.8 Å². The first-order valence-electron chi connectivity index (χ1n) is 12.8. The van der Waals surface area contributed by atoms with E-state index in [0.29, 0.717) is 56.0 Å². The monoisotopic (exact) mass is 530 g/mol. The van der Waals surface area contributed by atoms with E-state index in [9.17, 15) is 13.2 Å². The minimum Gasteiger partial charge on any atom is -0.486 e. The van der Waals surface area contributed by atoms with Crippen molar-refractivity contribution in [3.8, 4) is 5.75 Å². The molecule has 202 valence electrons. The van der Waals surface area contributed by atoms with Gasteiger partial charge in [0.1, 0.15) is 18.0 Å². The van der Waals surface area contributed by atoms with Gasteiger partial charge in [-0.15, -0.1) is 0 Å². The maximum Gasteiger partial charge on any atom is 0.254 e. The SMILES string of the molecule is CO[C@@H]1CN(C(=O)c2cc(C)ccc2C)C[C@H]1Oc1cccc(C(C)S(=O)(=O)N(C)C2CCOCC2)c1. The molecule has 2 aromatic carbocycles.